The molecule has 5 nitrogen and oxygen atoms in total. The molecule has 0 unspecified atom stereocenters. The number of rotatable bonds is 5. The quantitative estimate of drug-likeness (QED) is 0.716. The third-order valence-corrected chi connectivity index (χ3v) is 3.04. The number of nitrogens with zero attached hydrogens (tertiary/aromatic N) is 1. The summed E-state index contributed by atoms with van der Waals surface area (Å²) in [4.78, 5) is 15.7. The standard InChI is InChI=1S/C12H18N2O3/c1-3-12(4-2,8-15)14-11(17)10-9(16)6-5-7-13-10/h5-7,15-16H,3-4,8H2,1-2H3,(H,14,17). The molecule has 1 rings (SSSR count). The second-order valence-corrected chi connectivity index (χ2v) is 3.97. The molecular formula is C12H18N2O3. The van der Waals surface area contributed by atoms with Crippen molar-refractivity contribution in [3.8, 4) is 5.75 Å². The zero-order valence-electron chi connectivity index (χ0n) is 10.1. The predicted octanol–water partition coefficient (Wildman–Crippen LogP) is 1.07. The van der Waals surface area contributed by atoms with Crippen molar-refractivity contribution in [2.75, 3.05) is 6.61 Å². The van der Waals surface area contributed by atoms with Crippen LogP contribution < -0.4 is 5.32 Å². The van der Waals surface area contributed by atoms with E-state index in [4.69, 9.17) is 0 Å². The molecule has 0 radical (unpaired) electrons. The topological polar surface area (TPSA) is 82.5 Å². The van der Waals surface area contributed by atoms with Crippen LogP contribution in [0.5, 0.6) is 5.75 Å². The van der Waals surface area contributed by atoms with Crippen molar-refractivity contribution in [2.24, 2.45) is 0 Å². The van der Waals surface area contributed by atoms with Gasteiger partial charge in [-0.15, -0.1) is 0 Å². The van der Waals surface area contributed by atoms with Crippen molar-refractivity contribution < 1.29 is 15.0 Å². The molecule has 0 fully saturated rings. The molecule has 17 heavy (non-hydrogen) atoms. The second-order valence-electron chi connectivity index (χ2n) is 3.97. The Bertz CT molecular complexity index is 381. The minimum Gasteiger partial charge on any atom is -0.505 e. The first-order valence-electron chi connectivity index (χ1n) is 5.66. The highest BCUT2D eigenvalue weighted by molar-refractivity contribution is 5.95. The molecule has 0 saturated heterocycles. The van der Waals surface area contributed by atoms with Crippen molar-refractivity contribution >= 4 is 5.91 Å². The van der Waals surface area contributed by atoms with Crippen LogP contribution in [-0.4, -0.2) is 33.3 Å². The molecule has 1 aromatic heterocycles. The molecule has 5 heteroatoms. The van der Waals surface area contributed by atoms with Gasteiger partial charge in [0.05, 0.1) is 12.1 Å². The number of hydrogen-bond acceptors (Lipinski definition) is 4. The van der Waals surface area contributed by atoms with E-state index in [-0.39, 0.29) is 18.1 Å². The van der Waals surface area contributed by atoms with Gasteiger partial charge in [-0.3, -0.25) is 4.79 Å². The number of aliphatic hydroxyl groups is 1. The lowest BCUT2D eigenvalue weighted by Crippen LogP contribution is -2.50. The fourth-order valence-electron chi connectivity index (χ4n) is 1.56. The summed E-state index contributed by atoms with van der Waals surface area (Å²) in [6, 6.07) is 2.95. The van der Waals surface area contributed by atoms with Crippen LogP contribution in [0.2, 0.25) is 0 Å². The second kappa shape index (κ2) is 5.63. The lowest BCUT2D eigenvalue weighted by Gasteiger charge is -2.30. The highest BCUT2D eigenvalue weighted by Crippen LogP contribution is 2.18. The molecule has 3 N–H and O–H groups in total. The van der Waals surface area contributed by atoms with Crippen molar-refractivity contribution in [1.29, 1.82) is 0 Å². The van der Waals surface area contributed by atoms with E-state index >= 15 is 0 Å². The minimum absolute atomic E-state index is 0.0211. The summed E-state index contributed by atoms with van der Waals surface area (Å²) >= 11 is 0. The van der Waals surface area contributed by atoms with Crippen LogP contribution in [0.1, 0.15) is 37.2 Å². The normalized spacial score (nSPS) is 11.2. The molecule has 1 amide bonds. The predicted molar refractivity (Wildman–Crippen MR) is 63.8 cm³/mol. The number of aliphatic hydroxyl groups excluding tert-OH is 1. The van der Waals surface area contributed by atoms with Crippen LogP contribution in [0.3, 0.4) is 0 Å². The van der Waals surface area contributed by atoms with Gasteiger partial charge in [-0.25, -0.2) is 4.98 Å². The minimum atomic E-state index is -0.652. The van der Waals surface area contributed by atoms with Gasteiger partial charge in [0, 0.05) is 6.20 Å². The maximum atomic E-state index is 11.9. The summed E-state index contributed by atoms with van der Waals surface area (Å²) < 4.78 is 0. The summed E-state index contributed by atoms with van der Waals surface area (Å²) in [5.41, 5.74) is -0.673. The van der Waals surface area contributed by atoms with Gasteiger partial charge < -0.3 is 15.5 Å². The fraction of sp³-hybridized carbons (Fsp3) is 0.500. The summed E-state index contributed by atoms with van der Waals surface area (Å²) in [6.45, 7) is 3.63. The van der Waals surface area contributed by atoms with Gasteiger partial charge in [-0.1, -0.05) is 13.8 Å². The molecule has 0 bridgehead atoms. The molecule has 1 heterocycles. The van der Waals surface area contributed by atoms with Crippen LogP contribution in [0.4, 0.5) is 0 Å². The largest absolute Gasteiger partial charge is 0.505 e. The monoisotopic (exact) mass is 238 g/mol. The molecule has 0 aliphatic rings. The van der Waals surface area contributed by atoms with Crippen LogP contribution in [0, 0.1) is 0 Å². The first-order chi connectivity index (χ1) is 8.08. The number of nitrogens with one attached hydrogen (secondary N) is 1. The highest BCUT2D eigenvalue weighted by atomic mass is 16.3. The van der Waals surface area contributed by atoms with Crippen molar-refractivity contribution in [3.05, 3.63) is 24.0 Å². The smallest absolute Gasteiger partial charge is 0.274 e. The number of carbonyl (C=O) groups is 1. The van der Waals surface area contributed by atoms with Gasteiger partial charge in [0.25, 0.3) is 5.91 Å². The zero-order valence-corrected chi connectivity index (χ0v) is 10.1. The van der Waals surface area contributed by atoms with E-state index in [1.54, 1.807) is 6.07 Å². The molecule has 0 aliphatic carbocycles. The summed E-state index contributed by atoms with van der Waals surface area (Å²) in [5.74, 6) is -0.634. The first-order valence-corrected chi connectivity index (χ1v) is 5.66. The molecular weight excluding hydrogens is 220 g/mol. The Morgan fingerprint density at radius 2 is 2.12 bits per heavy atom. The Balaban J connectivity index is 2.89. The van der Waals surface area contributed by atoms with Gasteiger partial charge in [-0.05, 0) is 25.0 Å². The van der Waals surface area contributed by atoms with Gasteiger partial charge in [0.1, 0.15) is 5.75 Å². The summed E-state index contributed by atoms with van der Waals surface area (Å²) in [5, 5.41) is 21.6. The van der Waals surface area contributed by atoms with Gasteiger partial charge in [0.15, 0.2) is 5.69 Å². The third-order valence-electron chi connectivity index (χ3n) is 3.04. The summed E-state index contributed by atoms with van der Waals surface area (Å²) in [6.07, 6.45) is 2.66. The number of aromatic nitrogens is 1. The number of aromatic hydroxyl groups is 1. The Morgan fingerprint density at radius 3 is 2.59 bits per heavy atom. The van der Waals surface area contributed by atoms with E-state index in [2.05, 4.69) is 10.3 Å². The molecule has 0 spiro atoms. The van der Waals surface area contributed by atoms with Crippen LogP contribution in [0.15, 0.2) is 18.3 Å². The number of pyridine rings is 1. The first kappa shape index (κ1) is 13.4. The van der Waals surface area contributed by atoms with E-state index in [0.29, 0.717) is 12.8 Å². The van der Waals surface area contributed by atoms with Crippen LogP contribution in [-0.2, 0) is 0 Å². The van der Waals surface area contributed by atoms with E-state index in [1.165, 1.54) is 12.3 Å². The lowest BCUT2D eigenvalue weighted by atomic mass is 9.93. The van der Waals surface area contributed by atoms with Gasteiger partial charge >= 0.3 is 0 Å². The highest BCUT2D eigenvalue weighted by Gasteiger charge is 2.28. The van der Waals surface area contributed by atoms with E-state index in [9.17, 15) is 15.0 Å². The van der Waals surface area contributed by atoms with Gasteiger partial charge in [-0.2, -0.15) is 0 Å². The van der Waals surface area contributed by atoms with Crippen molar-refractivity contribution in [2.45, 2.75) is 32.2 Å². The van der Waals surface area contributed by atoms with Gasteiger partial charge in [0.2, 0.25) is 0 Å². The Morgan fingerprint density at radius 1 is 1.47 bits per heavy atom. The maximum absolute atomic E-state index is 11.9. The molecule has 0 saturated carbocycles. The maximum Gasteiger partial charge on any atom is 0.274 e. The molecule has 0 aliphatic heterocycles. The molecule has 0 atom stereocenters. The average molecular weight is 238 g/mol. The number of hydrogen-bond donors (Lipinski definition) is 3. The van der Waals surface area contributed by atoms with E-state index in [1.807, 2.05) is 13.8 Å². The summed E-state index contributed by atoms with van der Waals surface area (Å²) in [7, 11) is 0. The zero-order chi connectivity index (χ0) is 12.9. The lowest BCUT2D eigenvalue weighted by molar-refractivity contribution is 0.0810. The van der Waals surface area contributed by atoms with Crippen LogP contribution >= 0.6 is 0 Å². The number of carbonyl (C=O) groups excluding carboxylic acids is 1. The fourth-order valence-corrected chi connectivity index (χ4v) is 1.56. The number of amides is 1. The molecule has 1 aromatic rings. The van der Waals surface area contributed by atoms with Crippen molar-refractivity contribution in [3.63, 3.8) is 0 Å². The Hall–Kier alpha value is -1.62. The molecule has 0 aromatic carbocycles. The third kappa shape index (κ3) is 2.94. The Labute approximate surface area is 101 Å². The average Bonchev–Trinajstić information content (AvgIpc) is 2.36. The van der Waals surface area contributed by atoms with Crippen molar-refractivity contribution in [1.82, 2.24) is 10.3 Å². The molecule has 94 valence electrons. The van der Waals surface area contributed by atoms with E-state index < -0.39 is 11.4 Å². The van der Waals surface area contributed by atoms with Crippen LogP contribution in [0.25, 0.3) is 0 Å². The SMILES string of the molecule is CCC(CC)(CO)NC(=O)c1ncccc1O. The van der Waals surface area contributed by atoms with E-state index in [0.717, 1.165) is 0 Å². The Kier molecular flexibility index (Phi) is 4.45.